The van der Waals surface area contributed by atoms with Gasteiger partial charge in [0, 0.05) is 0 Å². The normalized spacial score (nSPS) is 15.1. The predicted octanol–water partition coefficient (Wildman–Crippen LogP) is -0.203. The third-order valence-corrected chi connectivity index (χ3v) is 1.20. The van der Waals surface area contributed by atoms with Crippen LogP contribution in [0, 0.1) is 0 Å². The lowest BCUT2D eigenvalue weighted by Crippen LogP contribution is -2.34. The number of carbonyl (C=O) groups is 1. The fraction of sp³-hybridized carbons (Fsp3) is 0.833. The maximum Gasteiger partial charge on any atom is 0.335 e. The van der Waals surface area contributed by atoms with Crippen molar-refractivity contribution >= 4 is 5.97 Å². The molecule has 0 fully saturated rings. The number of hydrogen-bond acceptors (Lipinski definition) is 2. The summed E-state index contributed by atoms with van der Waals surface area (Å²) in [4.78, 5) is 10.2. The number of aliphatic carboxylic acids is 1. The Kier molecular flexibility index (Phi) is 5.14. The van der Waals surface area contributed by atoms with E-state index in [9.17, 15) is 4.79 Å². The summed E-state index contributed by atoms with van der Waals surface area (Å²) in [5.74, 6) is -1.15. The van der Waals surface area contributed by atoms with Gasteiger partial charge in [0.15, 0.2) is 5.60 Å². The monoisotopic (exact) mass is 150 g/mol. The molecule has 0 amide bonds. The average Bonchev–Trinajstić information content (AvgIpc) is 1.65. The molecule has 0 radical (unpaired) electrons. The van der Waals surface area contributed by atoms with Crippen molar-refractivity contribution < 1.29 is 20.5 Å². The van der Waals surface area contributed by atoms with Crippen LogP contribution < -0.4 is 0 Å². The van der Waals surface area contributed by atoms with E-state index in [4.69, 9.17) is 10.2 Å². The largest absolute Gasteiger partial charge is 0.479 e. The highest BCUT2D eigenvalue weighted by atomic mass is 16.4. The summed E-state index contributed by atoms with van der Waals surface area (Å²) in [5.41, 5.74) is -1.53. The van der Waals surface area contributed by atoms with Crippen LogP contribution in [0.2, 0.25) is 0 Å². The van der Waals surface area contributed by atoms with Crippen LogP contribution in [0.4, 0.5) is 0 Å². The van der Waals surface area contributed by atoms with Crippen molar-refractivity contribution in [2.75, 3.05) is 0 Å². The van der Waals surface area contributed by atoms with E-state index in [2.05, 4.69) is 0 Å². The SMILES string of the molecule is CCCC(C)(O)C(=O)O.O. The van der Waals surface area contributed by atoms with Crippen molar-refractivity contribution in [2.45, 2.75) is 32.3 Å². The Morgan fingerprint density at radius 1 is 1.60 bits per heavy atom. The van der Waals surface area contributed by atoms with Gasteiger partial charge in [0.25, 0.3) is 0 Å². The summed E-state index contributed by atoms with van der Waals surface area (Å²) in [6, 6.07) is 0. The molecule has 0 aromatic rings. The van der Waals surface area contributed by atoms with Gasteiger partial charge in [-0.25, -0.2) is 4.79 Å². The van der Waals surface area contributed by atoms with Gasteiger partial charge in [-0.1, -0.05) is 13.3 Å². The van der Waals surface area contributed by atoms with Gasteiger partial charge in [-0.15, -0.1) is 0 Å². The van der Waals surface area contributed by atoms with Gasteiger partial charge in [0.05, 0.1) is 0 Å². The van der Waals surface area contributed by atoms with E-state index in [1.807, 2.05) is 6.92 Å². The highest BCUT2D eigenvalue weighted by molar-refractivity contribution is 5.76. The van der Waals surface area contributed by atoms with Gasteiger partial charge in [-0.05, 0) is 13.3 Å². The molecule has 0 spiro atoms. The predicted molar refractivity (Wildman–Crippen MR) is 36.8 cm³/mol. The van der Waals surface area contributed by atoms with Gasteiger partial charge in [0.2, 0.25) is 0 Å². The zero-order valence-corrected chi connectivity index (χ0v) is 6.22. The number of rotatable bonds is 3. The van der Waals surface area contributed by atoms with Crippen molar-refractivity contribution in [3.63, 3.8) is 0 Å². The number of carboxylic acid groups (broad SMARTS) is 1. The molecule has 10 heavy (non-hydrogen) atoms. The minimum absolute atomic E-state index is 0. The molecule has 0 saturated heterocycles. The van der Waals surface area contributed by atoms with Crippen LogP contribution in [0.5, 0.6) is 0 Å². The first-order valence-corrected chi connectivity index (χ1v) is 2.96. The molecule has 1 atom stereocenters. The van der Waals surface area contributed by atoms with Gasteiger partial charge in [0.1, 0.15) is 0 Å². The molecule has 0 aliphatic heterocycles. The highest BCUT2D eigenvalue weighted by Crippen LogP contribution is 2.10. The summed E-state index contributed by atoms with van der Waals surface area (Å²) in [6.45, 7) is 3.14. The molecule has 0 aliphatic carbocycles. The van der Waals surface area contributed by atoms with Crippen molar-refractivity contribution in [2.24, 2.45) is 0 Å². The molecule has 62 valence electrons. The highest BCUT2D eigenvalue weighted by Gasteiger charge is 2.27. The minimum Gasteiger partial charge on any atom is -0.479 e. The Bertz CT molecular complexity index is 108. The number of aliphatic hydroxyl groups is 1. The first-order valence-electron chi connectivity index (χ1n) is 2.96. The Balaban J connectivity index is 0. The Labute approximate surface area is 59.8 Å². The molecule has 0 heterocycles. The topological polar surface area (TPSA) is 89.0 Å². The second kappa shape index (κ2) is 4.24. The fourth-order valence-corrected chi connectivity index (χ4v) is 0.594. The van der Waals surface area contributed by atoms with Crippen LogP contribution in [-0.4, -0.2) is 27.3 Å². The molecule has 4 nitrogen and oxygen atoms in total. The fourth-order valence-electron chi connectivity index (χ4n) is 0.594. The summed E-state index contributed by atoms with van der Waals surface area (Å²) in [5, 5.41) is 17.3. The van der Waals surface area contributed by atoms with Crippen molar-refractivity contribution in [1.29, 1.82) is 0 Å². The number of hydrogen-bond donors (Lipinski definition) is 2. The Morgan fingerprint density at radius 2 is 2.00 bits per heavy atom. The summed E-state index contributed by atoms with van der Waals surface area (Å²) in [7, 11) is 0. The molecule has 0 rings (SSSR count). The van der Waals surface area contributed by atoms with Crippen LogP contribution in [0.1, 0.15) is 26.7 Å². The van der Waals surface area contributed by atoms with Crippen molar-refractivity contribution in [3.8, 4) is 0 Å². The summed E-state index contributed by atoms with van der Waals surface area (Å²) < 4.78 is 0. The molecule has 4 N–H and O–H groups in total. The maximum atomic E-state index is 10.2. The van der Waals surface area contributed by atoms with Gasteiger partial charge in [-0.2, -0.15) is 0 Å². The van der Waals surface area contributed by atoms with E-state index in [0.717, 1.165) is 0 Å². The van der Waals surface area contributed by atoms with E-state index < -0.39 is 11.6 Å². The molecule has 0 saturated carbocycles. The standard InChI is InChI=1S/C6H12O3.H2O/c1-3-4-6(2,9)5(7)8;/h9H,3-4H2,1-2H3,(H,7,8);1H2. The second-order valence-electron chi connectivity index (χ2n) is 2.33. The van der Waals surface area contributed by atoms with Gasteiger partial charge >= 0.3 is 5.97 Å². The molecule has 0 aliphatic rings. The third-order valence-electron chi connectivity index (χ3n) is 1.20. The van der Waals surface area contributed by atoms with Crippen LogP contribution in [-0.2, 0) is 4.79 Å². The van der Waals surface area contributed by atoms with Crippen LogP contribution in [0.3, 0.4) is 0 Å². The zero-order chi connectivity index (χ0) is 7.49. The molecular weight excluding hydrogens is 136 g/mol. The average molecular weight is 150 g/mol. The quantitative estimate of drug-likeness (QED) is 0.583. The minimum atomic E-state index is -1.53. The van der Waals surface area contributed by atoms with E-state index >= 15 is 0 Å². The Hall–Kier alpha value is -0.610. The van der Waals surface area contributed by atoms with E-state index in [0.29, 0.717) is 12.8 Å². The van der Waals surface area contributed by atoms with E-state index in [-0.39, 0.29) is 5.48 Å². The maximum absolute atomic E-state index is 10.2. The van der Waals surface area contributed by atoms with Gasteiger partial charge < -0.3 is 15.7 Å². The Morgan fingerprint density at radius 3 is 2.10 bits per heavy atom. The van der Waals surface area contributed by atoms with Crippen molar-refractivity contribution in [3.05, 3.63) is 0 Å². The number of carboxylic acids is 1. The zero-order valence-electron chi connectivity index (χ0n) is 6.22. The van der Waals surface area contributed by atoms with Crippen molar-refractivity contribution in [1.82, 2.24) is 0 Å². The second-order valence-corrected chi connectivity index (χ2v) is 2.33. The van der Waals surface area contributed by atoms with Gasteiger partial charge in [-0.3, -0.25) is 0 Å². The molecule has 0 bridgehead atoms. The first-order chi connectivity index (χ1) is 4.00. The van der Waals surface area contributed by atoms with Crippen LogP contribution >= 0.6 is 0 Å². The summed E-state index contributed by atoms with van der Waals surface area (Å²) >= 11 is 0. The van der Waals surface area contributed by atoms with Crippen LogP contribution in [0.15, 0.2) is 0 Å². The molecule has 4 heteroatoms. The molecule has 0 aromatic heterocycles. The van der Waals surface area contributed by atoms with E-state index in [1.54, 1.807) is 0 Å². The molecule has 1 unspecified atom stereocenters. The summed E-state index contributed by atoms with van der Waals surface area (Å²) in [6.07, 6.45) is 0.988. The third kappa shape index (κ3) is 3.42. The molecule has 0 aromatic carbocycles. The van der Waals surface area contributed by atoms with Crippen LogP contribution in [0.25, 0.3) is 0 Å². The molecular formula is C6H14O4. The first kappa shape index (κ1) is 12.1. The lowest BCUT2D eigenvalue weighted by molar-refractivity contribution is -0.157. The smallest absolute Gasteiger partial charge is 0.335 e. The lowest BCUT2D eigenvalue weighted by atomic mass is 10.0. The lowest BCUT2D eigenvalue weighted by Gasteiger charge is -2.15. The van der Waals surface area contributed by atoms with E-state index in [1.165, 1.54) is 6.92 Å².